The number of nitrogens with one attached hydrogen (secondary N) is 2. The van der Waals surface area contributed by atoms with Crippen LogP contribution >= 0.6 is 23.2 Å². The Hall–Kier alpha value is -1.72. The fourth-order valence-corrected chi connectivity index (χ4v) is 2.29. The highest BCUT2D eigenvalue weighted by molar-refractivity contribution is 6.42. The van der Waals surface area contributed by atoms with Crippen molar-refractivity contribution >= 4 is 29.2 Å². The van der Waals surface area contributed by atoms with E-state index in [4.69, 9.17) is 23.2 Å². The van der Waals surface area contributed by atoms with Crippen molar-refractivity contribution < 1.29 is 4.79 Å². The average Bonchev–Trinajstić information content (AvgIpc) is 2.99. The van der Waals surface area contributed by atoms with E-state index in [9.17, 15) is 4.79 Å². The van der Waals surface area contributed by atoms with Crippen LogP contribution in [0, 0.1) is 0 Å². The van der Waals surface area contributed by atoms with E-state index in [1.165, 1.54) is 0 Å². The van der Waals surface area contributed by atoms with E-state index in [-0.39, 0.29) is 12.1 Å². The summed E-state index contributed by atoms with van der Waals surface area (Å²) >= 11 is 11.9. The van der Waals surface area contributed by atoms with Crippen LogP contribution in [0.1, 0.15) is 24.9 Å². The molecule has 0 aliphatic heterocycles. The second-order valence-electron chi connectivity index (χ2n) is 4.92. The first-order valence-electron chi connectivity index (χ1n) is 7.03. The Balaban J connectivity index is 1.72. The molecular weight excluding hydrogens is 323 g/mol. The molecule has 0 fully saturated rings. The molecule has 1 atom stereocenters. The standard InChI is InChI=1S/C15H18Cl2N4O/c1-11(12-4-5-13(16)14(17)10-12)20-15(22)18-6-2-8-21-9-3-7-19-21/h3-5,7,9-11H,2,6,8H2,1H3,(H2,18,20,22). The maximum Gasteiger partial charge on any atom is 0.315 e. The molecule has 2 amide bonds. The summed E-state index contributed by atoms with van der Waals surface area (Å²) in [7, 11) is 0. The van der Waals surface area contributed by atoms with Gasteiger partial charge in [-0.05, 0) is 37.1 Å². The van der Waals surface area contributed by atoms with Gasteiger partial charge < -0.3 is 10.6 Å². The topological polar surface area (TPSA) is 59.0 Å². The molecule has 0 saturated carbocycles. The lowest BCUT2D eigenvalue weighted by atomic mass is 10.1. The molecule has 0 bridgehead atoms. The van der Waals surface area contributed by atoms with Gasteiger partial charge in [0.05, 0.1) is 16.1 Å². The van der Waals surface area contributed by atoms with Crippen molar-refractivity contribution in [1.29, 1.82) is 0 Å². The number of carbonyl (C=O) groups excluding carboxylic acids is 1. The Labute approximate surface area is 139 Å². The van der Waals surface area contributed by atoms with Crippen LogP contribution in [0.2, 0.25) is 10.0 Å². The van der Waals surface area contributed by atoms with Gasteiger partial charge in [0.1, 0.15) is 0 Å². The van der Waals surface area contributed by atoms with Gasteiger partial charge in [-0.2, -0.15) is 5.10 Å². The molecule has 7 heteroatoms. The zero-order valence-electron chi connectivity index (χ0n) is 12.2. The van der Waals surface area contributed by atoms with Gasteiger partial charge in [-0.25, -0.2) is 4.79 Å². The van der Waals surface area contributed by atoms with E-state index < -0.39 is 0 Å². The fourth-order valence-electron chi connectivity index (χ4n) is 1.99. The number of nitrogens with zero attached hydrogens (tertiary/aromatic N) is 2. The molecule has 2 aromatic rings. The molecule has 1 aromatic carbocycles. The van der Waals surface area contributed by atoms with Crippen LogP contribution in [-0.4, -0.2) is 22.4 Å². The smallest absolute Gasteiger partial charge is 0.315 e. The maximum atomic E-state index is 11.8. The minimum Gasteiger partial charge on any atom is -0.338 e. The first-order valence-corrected chi connectivity index (χ1v) is 7.78. The van der Waals surface area contributed by atoms with Gasteiger partial charge in [0.15, 0.2) is 0 Å². The molecule has 2 N–H and O–H groups in total. The molecule has 0 saturated heterocycles. The third kappa shape index (κ3) is 4.93. The van der Waals surface area contributed by atoms with Crippen molar-refractivity contribution in [3.63, 3.8) is 0 Å². The lowest BCUT2D eigenvalue weighted by Crippen LogP contribution is -2.37. The molecular formula is C15H18Cl2N4O. The molecule has 0 aliphatic rings. The third-order valence-electron chi connectivity index (χ3n) is 3.20. The van der Waals surface area contributed by atoms with Gasteiger partial charge >= 0.3 is 6.03 Å². The molecule has 2 rings (SSSR count). The van der Waals surface area contributed by atoms with Crippen molar-refractivity contribution in [2.24, 2.45) is 0 Å². The molecule has 1 unspecified atom stereocenters. The highest BCUT2D eigenvalue weighted by Gasteiger charge is 2.10. The summed E-state index contributed by atoms with van der Waals surface area (Å²) in [4.78, 5) is 11.8. The molecule has 5 nitrogen and oxygen atoms in total. The van der Waals surface area contributed by atoms with Gasteiger partial charge in [0.25, 0.3) is 0 Å². The van der Waals surface area contributed by atoms with Crippen LogP contribution in [0.15, 0.2) is 36.7 Å². The summed E-state index contributed by atoms with van der Waals surface area (Å²) in [6.07, 6.45) is 4.45. The Kier molecular flexibility index (Phi) is 6.10. The number of halogens is 2. The number of aryl methyl sites for hydroxylation is 1. The maximum absolute atomic E-state index is 11.8. The third-order valence-corrected chi connectivity index (χ3v) is 3.94. The van der Waals surface area contributed by atoms with E-state index >= 15 is 0 Å². The number of carbonyl (C=O) groups is 1. The first kappa shape index (κ1) is 16.6. The molecule has 118 valence electrons. The lowest BCUT2D eigenvalue weighted by Gasteiger charge is -2.15. The minimum absolute atomic E-state index is 0.152. The average molecular weight is 341 g/mol. The van der Waals surface area contributed by atoms with Crippen LogP contribution in [-0.2, 0) is 6.54 Å². The van der Waals surface area contributed by atoms with Gasteiger partial charge in [-0.15, -0.1) is 0 Å². The van der Waals surface area contributed by atoms with Crippen molar-refractivity contribution in [3.8, 4) is 0 Å². The van der Waals surface area contributed by atoms with Gasteiger partial charge in [-0.1, -0.05) is 29.3 Å². The Morgan fingerprint density at radius 3 is 2.86 bits per heavy atom. The second-order valence-corrected chi connectivity index (χ2v) is 5.73. The number of hydrogen-bond donors (Lipinski definition) is 2. The Morgan fingerprint density at radius 2 is 2.18 bits per heavy atom. The van der Waals surface area contributed by atoms with Crippen LogP contribution in [0.25, 0.3) is 0 Å². The molecule has 22 heavy (non-hydrogen) atoms. The number of amides is 2. The number of hydrogen-bond acceptors (Lipinski definition) is 2. The molecule has 0 radical (unpaired) electrons. The normalized spacial score (nSPS) is 12.0. The number of benzene rings is 1. The van der Waals surface area contributed by atoms with Crippen LogP contribution in [0.5, 0.6) is 0 Å². The van der Waals surface area contributed by atoms with Crippen molar-refractivity contribution in [3.05, 3.63) is 52.3 Å². The fraction of sp³-hybridized carbons (Fsp3) is 0.333. The van der Waals surface area contributed by atoms with Gasteiger partial charge in [0.2, 0.25) is 0 Å². The quantitative estimate of drug-likeness (QED) is 0.788. The van der Waals surface area contributed by atoms with Crippen molar-refractivity contribution in [2.75, 3.05) is 6.54 Å². The van der Waals surface area contributed by atoms with Crippen LogP contribution < -0.4 is 10.6 Å². The number of urea groups is 1. The van der Waals surface area contributed by atoms with Gasteiger partial charge in [-0.3, -0.25) is 4.68 Å². The van der Waals surface area contributed by atoms with E-state index in [1.54, 1.807) is 18.3 Å². The molecule has 1 heterocycles. The molecule has 0 aliphatic carbocycles. The summed E-state index contributed by atoms with van der Waals surface area (Å²) in [6, 6.07) is 6.84. The van der Waals surface area contributed by atoms with Crippen molar-refractivity contribution in [2.45, 2.75) is 25.9 Å². The summed E-state index contributed by atoms with van der Waals surface area (Å²) in [5, 5.41) is 10.8. The monoisotopic (exact) mass is 340 g/mol. The Bertz CT molecular complexity index is 616. The molecule has 0 spiro atoms. The van der Waals surface area contributed by atoms with E-state index in [2.05, 4.69) is 15.7 Å². The first-order chi connectivity index (χ1) is 10.6. The Morgan fingerprint density at radius 1 is 1.36 bits per heavy atom. The van der Waals surface area contributed by atoms with Gasteiger partial charge in [0, 0.05) is 25.5 Å². The predicted molar refractivity (Wildman–Crippen MR) is 88.3 cm³/mol. The summed E-state index contributed by atoms with van der Waals surface area (Å²) in [5.74, 6) is 0. The van der Waals surface area contributed by atoms with Crippen LogP contribution in [0.4, 0.5) is 4.79 Å². The zero-order valence-corrected chi connectivity index (χ0v) is 13.7. The summed E-state index contributed by atoms with van der Waals surface area (Å²) < 4.78 is 1.83. The minimum atomic E-state index is -0.209. The highest BCUT2D eigenvalue weighted by atomic mass is 35.5. The molecule has 1 aromatic heterocycles. The highest BCUT2D eigenvalue weighted by Crippen LogP contribution is 2.25. The largest absolute Gasteiger partial charge is 0.338 e. The summed E-state index contributed by atoms with van der Waals surface area (Å²) in [5.41, 5.74) is 0.904. The lowest BCUT2D eigenvalue weighted by molar-refractivity contribution is 0.237. The zero-order chi connectivity index (χ0) is 15.9. The second kappa shape index (κ2) is 8.06. The van der Waals surface area contributed by atoms with E-state index in [0.29, 0.717) is 16.6 Å². The number of aromatic nitrogens is 2. The summed E-state index contributed by atoms with van der Waals surface area (Å²) in [6.45, 7) is 3.25. The predicted octanol–water partition coefficient (Wildman–Crippen LogP) is 3.64. The SMILES string of the molecule is CC(NC(=O)NCCCn1cccn1)c1ccc(Cl)c(Cl)c1. The van der Waals surface area contributed by atoms with Crippen LogP contribution in [0.3, 0.4) is 0 Å². The number of rotatable bonds is 6. The van der Waals surface area contributed by atoms with E-state index in [1.807, 2.05) is 29.9 Å². The van der Waals surface area contributed by atoms with Crippen molar-refractivity contribution in [1.82, 2.24) is 20.4 Å². The van der Waals surface area contributed by atoms with E-state index in [0.717, 1.165) is 18.5 Å².